The maximum Gasteiger partial charge on any atom is 0.298 e. The molecule has 2 aliphatic heterocycles. The van der Waals surface area contributed by atoms with Gasteiger partial charge >= 0.3 is 0 Å². The molecule has 0 radical (unpaired) electrons. The quantitative estimate of drug-likeness (QED) is 0.682. The van der Waals surface area contributed by atoms with E-state index in [1.165, 1.54) is 10.5 Å². The van der Waals surface area contributed by atoms with Crippen LogP contribution in [-0.2, 0) is 11.2 Å². The first-order valence-corrected chi connectivity index (χ1v) is 9.74. The largest absolute Gasteiger partial charge is 0.454 e. The summed E-state index contributed by atoms with van der Waals surface area (Å²) in [5, 5.41) is -0.284. The maximum atomic E-state index is 12.8. The molecule has 5 nitrogen and oxygen atoms in total. The topological polar surface area (TPSA) is 55.8 Å². The average Bonchev–Trinajstić information content (AvgIpc) is 3.25. The van der Waals surface area contributed by atoms with Gasteiger partial charge in [-0.15, -0.1) is 0 Å². The molecule has 0 N–H and O–H groups in total. The molecule has 27 heavy (non-hydrogen) atoms. The Balaban J connectivity index is 1.55. The summed E-state index contributed by atoms with van der Waals surface area (Å²) in [4.78, 5) is 26.8. The van der Waals surface area contributed by atoms with Gasteiger partial charge in [0, 0.05) is 0 Å². The van der Waals surface area contributed by atoms with Crippen LogP contribution in [0.15, 0.2) is 47.4 Å². The van der Waals surface area contributed by atoms with Crippen LogP contribution < -0.4 is 14.4 Å². The second kappa shape index (κ2) is 7.48. The van der Waals surface area contributed by atoms with Crippen molar-refractivity contribution in [1.29, 1.82) is 0 Å². The van der Waals surface area contributed by atoms with E-state index in [4.69, 9.17) is 9.47 Å². The molecule has 1 saturated heterocycles. The predicted molar refractivity (Wildman–Crippen MR) is 106 cm³/mol. The second-order valence-corrected chi connectivity index (χ2v) is 7.39. The molecule has 0 spiro atoms. The van der Waals surface area contributed by atoms with Crippen LogP contribution >= 0.6 is 11.8 Å². The van der Waals surface area contributed by atoms with E-state index in [0.29, 0.717) is 22.1 Å². The number of aryl methyl sites for hydroxylation is 1. The van der Waals surface area contributed by atoms with E-state index in [1.807, 2.05) is 30.3 Å². The summed E-state index contributed by atoms with van der Waals surface area (Å²) in [5.41, 5.74) is 2.61. The fourth-order valence-corrected chi connectivity index (χ4v) is 3.88. The molecular formula is C21H19NO4S. The van der Waals surface area contributed by atoms with Gasteiger partial charge in [0.25, 0.3) is 11.1 Å². The zero-order chi connectivity index (χ0) is 18.8. The molecule has 6 heteroatoms. The Morgan fingerprint density at radius 1 is 1.07 bits per heavy atom. The van der Waals surface area contributed by atoms with Gasteiger partial charge in [-0.25, -0.2) is 4.90 Å². The van der Waals surface area contributed by atoms with Crippen LogP contribution in [0.1, 0.15) is 30.9 Å². The number of carbonyl (C=O) groups is 2. The summed E-state index contributed by atoms with van der Waals surface area (Å²) in [6.45, 7) is 2.35. The number of nitrogens with zero attached hydrogens (tertiary/aromatic N) is 1. The van der Waals surface area contributed by atoms with E-state index in [-0.39, 0.29) is 17.9 Å². The standard InChI is InChI=1S/C21H19NO4S/c1-2-3-4-14-5-8-16(9-6-14)22-20(23)19(27-21(22)24)12-15-7-10-17-18(11-15)26-13-25-17/h5-12H,2-4,13H2,1H3/b19-12-. The van der Waals surface area contributed by atoms with Crippen molar-refractivity contribution in [2.45, 2.75) is 26.2 Å². The highest BCUT2D eigenvalue weighted by Crippen LogP contribution is 2.38. The Morgan fingerprint density at radius 3 is 2.63 bits per heavy atom. The van der Waals surface area contributed by atoms with Gasteiger partial charge in [-0.3, -0.25) is 9.59 Å². The fraction of sp³-hybridized carbons (Fsp3) is 0.238. The first kappa shape index (κ1) is 17.7. The minimum Gasteiger partial charge on any atom is -0.454 e. The summed E-state index contributed by atoms with van der Waals surface area (Å²) in [7, 11) is 0. The van der Waals surface area contributed by atoms with Crippen molar-refractivity contribution in [2.24, 2.45) is 0 Å². The summed E-state index contributed by atoms with van der Waals surface area (Å²) in [6, 6.07) is 13.1. The van der Waals surface area contributed by atoms with Crippen molar-refractivity contribution in [2.75, 3.05) is 11.7 Å². The number of amides is 2. The lowest BCUT2D eigenvalue weighted by molar-refractivity contribution is -0.113. The highest BCUT2D eigenvalue weighted by atomic mass is 32.2. The molecule has 0 aromatic heterocycles. The normalized spacial score (nSPS) is 17.2. The number of thioether (sulfide) groups is 1. The number of anilines is 1. The Labute approximate surface area is 162 Å². The van der Waals surface area contributed by atoms with Crippen molar-refractivity contribution < 1.29 is 19.1 Å². The molecular weight excluding hydrogens is 362 g/mol. The molecule has 2 aromatic carbocycles. The first-order valence-electron chi connectivity index (χ1n) is 8.92. The van der Waals surface area contributed by atoms with Crippen LogP contribution in [0.3, 0.4) is 0 Å². The van der Waals surface area contributed by atoms with Crippen molar-refractivity contribution in [3.8, 4) is 11.5 Å². The molecule has 0 unspecified atom stereocenters. The van der Waals surface area contributed by atoms with E-state index in [9.17, 15) is 9.59 Å². The number of rotatable bonds is 5. The number of benzene rings is 2. The third-order valence-corrected chi connectivity index (χ3v) is 5.37. The Morgan fingerprint density at radius 2 is 1.85 bits per heavy atom. The number of fused-ring (bicyclic) bond motifs is 1. The van der Waals surface area contributed by atoms with Crippen LogP contribution in [0, 0.1) is 0 Å². The lowest BCUT2D eigenvalue weighted by Gasteiger charge is -2.13. The minimum atomic E-state index is -0.302. The first-order chi connectivity index (χ1) is 13.2. The van der Waals surface area contributed by atoms with Gasteiger partial charge < -0.3 is 9.47 Å². The number of hydrogen-bond donors (Lipinski definition) is 0. The van der Waals surface area contributed by atoms with Crippen LogP contribution in [0.5, 0.6) is 11.5 Å². The molecule has 0 saturated carbocycles. The molecule has 4 rings (SSSR count). The van der Waals surface area contributed by atoms with Gasteiger partial charge in [-0.1, -0.05) is 31.5 Å². The summed E-state index contributed by atoms with van der Waals surface area (Å²) in [5.74, 6) is 1.03. The zero-order valence-electron chi connectivity index (χ0n) is 14.9. The monoisotopic (exact) mass is 381 g/mol. The van der Waals surface area contributed by atoms with Crippen molar-refractivity contribution in [3.63, 3.8) is 0 Å². The Bertz CT molecular complexity index is 920. The molecule has 138 valence electrons. The Kier molecular flexibility index (Phi) is 4.90. The van der Waals surface area contributed by atoms with Crippen molar-refractivity contribution >= 4 is 34.7 Å². The minimum absolute atomic E-state index is 0.198. The fourth-order valence-electron chi connectivity index (χ4n) is 3.04. The van der Waals surface area contributed by atoms with Gasteiger partial charge in [-0.05, 0) is 66.1 Å². The van der Waals surface area contributed by atoms with Gasteiger partial charge in [0.1, 0.15) is 0 Å². The molecule has 2 aliphatic rings. The lowest BCUT2D eigenvalue weighted by atomic mass is 10.1. The van der Waals surface area contributed by atoms with E-state index in [2.05, 4.69) is 6.92 Å². The smallest absolute Gasteiger partial charge is 0.298 e. The van der Waals surface area contributed by atoms with Gasteiger partial charge in [0.05, 0.1) is 10.6 Å². The number of carbonyl (C=O) groups excluding carboxylic acids is 2. The summed E-state index contributed by atoms with van der Waals surface area (Å²) in [6.07, 6.45) is 4.97. The van der Waals surface area contributed by atoms with Gasteiger partial charge in [0.2, 0.25) is 6.79 Å². The summed E-state index contributed by atoms with van der Waals surface area (Å²) >= 11 is 0.949. The van der Waals surface area contributed by atoms with Crippen molar-refractivity contribution in [3.05, 3.63) is 58.5 Å². The van der Waals surface area contributed by atoms with Crippen LogP contribution in [-0.4, -0.2) is 17.9 Å². The highest BCUT2D eigenvalue weighted by Gasteiger charge is 2.36. The summed E-state index contributed by atoms with van der Waals surface area (Å²) < 4.78 is 10.7. The molecule has 0 atom stereocenters. The van der Waals surface area contributed by atoms with Crippen molar-refractivity contribution in [1.82, 2.24) is 0 Å². The van der Waals surface area contributed by atoms with Crippen LogP contribution in [0.4, 0.5) is 10.5 Å². The zero-order valence-corrected chi connectivity index (χ0v) is 15.8. The highest BCUT2D eigenvalue weighted by molar-refractivity contribution is 8.19. The van der Waals surface area contributed by atoms with E-state index in [1.54, 1.807) is 18.2 Å². The lowest BCUT2D eigenvalue weighted by Crippen LogP contribution is -2.27. The Hall–Kier alpha value is -2.73. The second-order valence-electron chi connectivity index (χ2n) is 6.40. The van der Waals surface area contributed by atoms with E-state index in [0.717, 1.165) is 36.6 Å². The van der Waals surface area contributed by atoms with Gasteiger partial charge in [0.15, 0.2) is 11.5 Å². The number of hydrogen-bond acceptors (Lipinski definition) is 5. The van der Waals surface area contributed by atoms with Crippen LogP contribution in [0.25, 0.3) is 6.08 Å². The molecule has 0 aliphatic carbocycles. The van der Waals surface area contributed by atoms with Crippen LogP contribution in [0.2, 0.25) is 0 Å². The van der Waals surface area contributed by atoms with Gasteiger partial charge in [-0.2, -0.15) is 0 Å². The number of ether oxygens (including phenoxy) is 2. The molecule has 2 amide bonds. The molecule has 1 fully saturated rings. The van der Waals surface area contributed by atoms with E-state index >= 15 is 0 Å². The molecule has 2 aromatic rings. The third-order valence-electron chi connectivity index (χ3n) is 4.50. The average molecular weight is 381 g/mol. The SMILES string of the molecule is CCCCc1ccc(N2C(=O)S/C(=C\c3ccc4c(c3)OCO4)C2=O)cc1. The number of imide groups is 1. The predicted octanol–water partition coefficient (Wildman–Crippen LogP) is 5.00. The number of unbranched alkanes of at least 4 members (excludes halogenated alkanes) is 1. The third kappa shape index (κ3) is 3.57. The maximum absolute atomic E-state index is 12.8. The molecule has 2 heterocycles. The van der Waals surface area contributed by atoms with E-state index < -0.39 is 0 Å². The molecule has 0 bridgehead atoms.